The maximum atomic E-state index is 12.8. The van der Waals surface area contributed by atoms with Gasteiger partial charge in [0.1, 0.15) is 13.2 Å². The van der Waals surface area contributed by atoms with E-state index in [1.54, 1.807) is 0 Å². The monoisotopic (exact) mass is 933 g/mol. The smallest absolute Gasteiger partial charge is 0.306 e. The average molecular weight is 933 g/mol. The van der Waals surface area contributed by atoms with Crippen LogP contribution in [0.5, 0.6) is 0 Å². The SMILES string of the molecule is CCCCC/C=C\C/C=C\C/C=C\C/C=C\CCCC(=O)OC[C@@H](COC(=O)CCCC/C=C\C/C=C\C/C=C\CCCCC)OC(=O)CCCCCCCCCCCCCCCCCCC. The molecule has 0 saturated heterocycles. The Balaban J connectivity index is 4.51. The third kappa shape index (κ3) is 53.4. The Labute approximate surface area is 414 Å². The van der Waals surface area contributed by atoms with Crippen molar-refractivity contribution in [3.05, 3.63) is 85.1 Å². The van der Waals surface area contributed by atoms with E-state index in [0.717, 1.165) is 77.0 Å². The van der Waals surface area contributed by atoms with Crippen LogP contribution in [-0.4, -0.2) is 37.2 Å². The van der Waals surface area contributed by atoms with E-state index in [0.29, 0.717) is 19.3 Å². The summed E-state index contributed by atoms with van der Waals surface area (Å²) in [4.78, 5) is 38.1. The molecule has 0 bridgehead atoms. The fourth-order valence-electron chi connectivity index (χ4n) is 7.62. The number of rotatable bonds is 50. The molecule has 0 heterocycles. The van der Waals surface area contributed by atoms with Crippen LogP contribution in [-0.2, 0) is 28.6 Å². The molecule has 0 amide bonds. The van der Waals surface area contributed by atoms with Crippen LogP contribution in [0.15, 0.2) is 85.1 Å². The highest BCUT2D eigenvalue weighted by Gasteiger charge is 2.19. The summed E-state index contributed by atoms with van der Waals surface area (Å²) in [5, 5.41) is 0. The van der Waals surface area contributed by atoms with Gasteiger partial charge in [-0.2, -0.15) is 0 Å². The Morgan fingerprint density at radius 2 is 0.552 bits per heavy atom. The molecule has 0 rings (SSSR count). The maximum absolute atomic E-state index is 12.8. The molecule has 0 spiro atoms. The van der Waals surface area contributed by atoms with E-state index >= 15 is 0 Å². The molecule has 67 heavy (non-hydrogen) atoms. The molecule has 0 unspecified atom stereocenters. The zero-order valence-corrected chi connectivity index (χ0v) is 43.9. The second-order valence-corrected chi connectivity index (χ2v) is 18.5. The van der Waals surface area contributed by atoms with E-state index in [2.05, 4.69) is 106 Å². The molecule has 0 N–H and O–H groups in total. The first-order valence-electron chi connectivity index (χ1n) is 28.1. The summed E-state index contributed by atoms with van der Waals surface area (Å²) in [6.07, 6.45) is 71.5. The number of hydrogen-bond donors (Lipinski definition) is 0. The fourth-order valence-corrected chi connectivity index (χ4v) is 7.62. The van der Waals surface area contributed by atoms with Gasteiger partial charge in [-0.05, 0) is 96.3 Å². The molecule has 6 nitrogen and oxygen atoms in total. The molecule has 0 aromatic heterocycles. The summed E-state index contributed by atoms with van der Waals surface area (Å²) in [6, 6.07) is 0. The van der Waals surface area contributed by atoms with Crippen molar-refractivity contribution in [2.75, 3.05) is 13.2 Å². The van der Waals surface area contributed by atoms with Gasteiger partial charge in [-0.25, -0.2) is 0 Å². The summed E-state index contributed by atoms with van der Waals surface area (Å²) in [5.74, 6) is -0.997. The molecule has 0 fully saturated rings. The van der Waals surface area contributed by atoms with E-state index < -0.39 is 6.10 Å². The zero-order chi connectivity index (χ0) is 48.6. The topological polar surface area (TPSA) is 78.9 Å². The maximum Gasteiger partial charge on any atom is 0.306 e. The lowest BCUT2D eigenvalue weighted by atomic mass is 10.0. The summed E-state index contributed by atoms with van der Waals surface area (Å²) in [7, 11) is 0. The fraction of sp³-hybridized carbons (Fsp3) is 0.721. The summed E-state index contributed by atoms with van der Waals surface area (Å²) < 4.78 is 16.8. The molecule has 384 valence electrons. The Kier molecular flexibility index (Phi) is 52.4. The molecule has 0 aliphatic rings. The number of ether oxygens (including phenoxy) is 3. The zero-order valence-electron chi connectivity index (χ0n) is 43.9. The molecule has 0 radical (unpaired) electrons. The Bertz CT molecular complexity index is 1300. The molecule has 1 atom stereocenters. The van der Waals surface area contributed by atoms with E-state index in [9.17, 15) is 14.4 Å². The van der Waals surface area contributed by atoms with Gasteiger partial charge >= 0.3 is 17.9 Å². The van der Waals surface area contributed by atoms with Gasteiger partial charge in [0.15, 0.2) is 6.10 Å². The highest BCUT2D eigenvalue weighted by molar-refractivity contribution is 5.71. The predicted octanol–water partition coefficient (Wildman–Crippen LogP) is 18.8. The third-order valence-corrected chi connectivity index (χ3v) is 11.9. The minimum Gasteiger partial charge on any atom is -0.462 e. The third-order valence-electron chi connectivity index (χ3n) is 11.9. The van der Waals surface area contributed by atoms with Gasteiger partial charge in [-0.1, -0.05) is 234 Å². The molecule has 0 aromatic carbocycles. The van der Waals surface area contributed by atoms with Crippen LogP contribution >= 0.6 is 0 Å². The first kappa shape index (κ1) is 63.6. The molecule has 0 saturated carbocycles. The van der Waals surface area contributed by atoms with Gasteiger partial charge in [-0.3, -0.25) is 14.4 Å². The number of carbonyl (C=O) groups excluding carboxylic acids is 3. The van der Waals surface area contributed by atoms with E-state index in [1.165, 1.54) is 141 Å². The minimum absolute atomic E-state index is 0.112. The molecular formula is C61H104O6. The molecule has 6 heteroatoms. The Morgan fingerprint density at radius 3 is 0.925 bits per heavy atom. The van der Waals surface area contributed by atoms with Crippen molar-refractivity contribution in [1.29, 1.82) is 0 Å². The highest BCUT2D eigenvalue weighted by atomic mass is 16.6. The molecular weight excluding hydrogens is 829 g/mol. The normalized spacial score (nSPS) is 12.7. The van der Waals surface area contributed by atoms with E-state index in [1.807, 2.05) is 0 Å². The van der Waals surface area contributed by atoms with Crippen molar-refractivity contribution in [2.45, 2.75) is 271 Å². The van der Waals surface area contributed by atoms with Gasteiger partial charge in [0, 0.05) is 19.3 Å². The van der Waals surface area contributed by atoms with E-state index in [-0.39, 0.29) is 37.5 Å². The van der Waals surface area contributed by atoms with Crippen LogP contribution in [0, 0.1) is 0 Å². The van der Waals surface area contributed by atoms with E-state index in [4.69, 9.17) is 14.2 Å². The summed E-state index contributed by atoms with van der Waals surface area (Å²) in [6.45, 7) is 6.52. The largest absolute Gasteiger partial charge is 0.462 e. The lowest BCUT2D eigenvalue weighted by Gasteiger charge is -2.18. The Morgan fingerprint density at radius 1 is 0.299 bits per heavy atom. The minimum atomic E-state index is -0.813. The molecule has 0 aliphatic carbocycles. The van der Waals surface area contributed by atoms with Crippen LogP contribution < -0.4 is 0 Å². The van der Waals surface area contributed by atoms with Crippen molar-refractivity contribution in [2.24, 2.45) is 0 Å². The first-order valence-corrected chi connectivity index (χ1v) is 28.1. The molecule has 0 aromatic rings. The van der Waals surface area contributed by atoms with Gasteiger partial charge < -0.3 is 14.2 Å². The lowest BCUT2D eigenvalue weighted by molar-refractivity contribution is -0.167. The van der Waals surface area contributed by atoms with Crippen molar-refractivity contribution >= 4 is 17.9 Å². The van der Waals surface area contributed by atoms with Gasteiger partial charge in [-0.15, -0.1) is 0 Å². The van der Waals surface area contributed by atoms with Crippen molar-refractivity contribution < 1.29 is 28.6 Å². The quantitative estimate of drug-likeness (QED) is 0.0262. The van der Waals surface area contributed by atoms with Crippen LogP contribution in [0.25, 0.3) is 0 Å². The second-order valence-electron chi connectivity index (χ2n) is 18.5. The summed E-state index contributed by atoms with van der Waals surface area (Å²) >= 11 is 0. The number of hydrogen-bond acceptors (Lipinski definition) is 6. The number of unbranched alkanes of at least 4 members (excludes halogenated alkanes) is 25. The van der Waals surface area contributed by atoms with Gasteiger partial charge in [0.05, 0.1) is 0 Å². The number of esters is 3. The van der Waals surface area contributed by atoms with Crippen molar-refractivity contribution in [1.82, 2.24) is 0 Å². The lowest BCUT2D eigenvalue weighted by Crippen LogP contribution is -2.30. The summed E-state index contributed by atoms with van der Waals surface area (Å²) in [5.41, 5.74) is 0. The van der Waals surface area contributed by atoms with Crippen molar-refractivity contribution in [3.63, 3.8) is 0 Å². The van der Waals surface area contributed by atoms with Crippen molar-refractivity contribution in [3.8, 4) is 0 Å². The second kappa shape index (κ2) is 55.2. The van der Waals surface area contributed by atoms with Crippen LogP contribution in [0.2, 0.25) is 0 Å². The van der Waals surface area contributed by atoms with Crippen LogP contribution in [0.1, 0.15) is 265 Å². The number of carbonyl (C=O) groups is 3. The standard InChI is InChI=1S/C61H104O6/c1-4-7-10-13-16-19-22-25-28-30-33-36-39-42-45-48-51-54-60(63)66-57-58(56-65-59(62)53-50-47-44-41-38-35-32-27-24-21-18-15-12-9-6-3)67-61(64)55-52-49-46-43-40-37-34-31-29-26-23-20-17-14-11-8-5-2/h16,18-19,21,25,27-28,32-33,36,38,41-42,45,58H,4-15,17,20,22-24,26,29-31,34-35,37,39-40,43-44,46-57H2,1-3H3/b19-16-,21-18-,28-25-,32-27-,36-33-,41-38-,45-42-/t58-/m1/s1. The average Bonchev–Trinajstić information content (AvgIpc) is 3.33. The van der Waals surface area contributed by atoms with Crippen LogP contribution in [0.3, 0.4) is 0 Å². The number of allylic oxidation sites excluding steroid dienone is 14. The highest BCUT2D eigenvalue weighted by Crippen LogP contribution is 2.15. The van der Waals surface area contributed by atoms with Crippen LogP contribution in [0.4, 0.5) is 0 Å². The van der Waals surface area contributed by atoms with Gasteiger partial charge in [0.25, 0.3) is 0 Å². The van der Waals surface area contributed by atoms with Gasteiger partial charge in [0.2, 0.25) is 0 Å². The Hall–Kier alpha value is -3.41. The predicted molar refractivity (Wildman–Crippen MR) is 288 cm³/mol. The first-order chi connectivity index (χ1) is 33.0. The molecule has 0 aliphatic heterocycles.